The fraction of sp³-hybridized carbons (Fsp3) is 0.393. The largest absolute Gasteiger partial charge is 0.468 e. The predicted octanol–water partition coefficient (Wildman–Crippen LogP) is 5.03. The molecule has 1 aromatic heterocycles. The molecule has 0 bridgehead atoms. The Hall–Kier alpha value is -3.12. The van der Waals surface area contributed by atoms with Crippen LogP contribution in [-0.2, 0) is 39.9 Å². The first-order valence-electron chi connectivity index (χ1n) is 12.6. The van der Waals surface area contributed by atoms with Crippen molar-refractivity contribution >= 4 is 64.5 Å². The van der Waals surface area contributed by atoms with Crippen molar-refractivity contribution in [2.24, 2.45) is 0 Å². The molecule has 1 aliphatic carbocycles. The third kappa shape index (κ3) is 8.68. The Bertz CT molecular complexity index is 1330. The Labute approximate surface area is 252 Å². The number of methoxy groups -OCH3 is 3. The summed E-state index contributed by atoms with van der Waals surface area (Å²) in [6.07, 6.45) is 5.05. The highest BCUT2D eigenvalue weighted by Gasteiger charge is 2.30. The van der Waals surface area contributed by atoms with Crippen LogP contribution in [0.5, 0.6) is 0 Å². The van der Waals surface area contributed by atoms with Crippen LogP contribution in [0.1, 0.15) is 41.6 Å². The molecule has 0 spiro atoms. The van der Waals surface area contributed by atoms with Gasteiger partial charge in [0.2, 0.25) is 0 Å². The molecule has 41 heavy (non-hydrogen) atoms. The van der Waals surface area contributed by atoms with Crippen molar-refractivity contribution in [1.82, 2.24) is 4.98 Å². The highest BCUT2D eigenvalue weighted by Crippen LogP contribution is 2.39. The number of hydrogen-bond donors (Lipinski definition) is 0. The molecule has 0 radical (unpaired) electrons. The van der Waals surface area contributed by atoms with Gasteiger partial charge in [0.15, 0.2) is 0 Å². The summed E-state index contributed by atoms with van der Waals surface area (Å²) in [6.45, 7) is 0.235. The van der Waals surface area contributed by atoms with Crippen LogP contribution in [0, 0.1) is 0 Å². The van der Waals surface area contributed by atoms with Crippen LogP contribution in [0.2, 0.25) is 10.0 Å². The molecule has 3 rings (SSSR count). The molecular weight excluding hydrogens is 595 g/mol. The molecule has 10 nitrogen and oxygen atoms in total. The zero-order valence-electron chi connectivity index (χ0n) is 22.9. The summed E-state index contributed by atoms with van der Waals surface area (Å²) in [6, 6.07) is 4.65. The van der Waals surface area contributed by atoms with E-state index < -0.39 is 23.8 Å². The van der Waals surface area contributed by atoms with Crippen molar-refractivity contribution in [3.63, 3.8) is 0 Å². The van der Waals surface area contributed by atoms with Gasteiger partial charge in [0, 0.05) is 35.5 Å². The van der Waals surface area contributed by atoms with E-state index in [4.69, 9.17) is 42.1 Å². The number of carbonyl (C=O) groups excluding carboxylic acids is 4. The summed E-state index contributed by atoms with van der Waals surface area (Å²) in [4.78, 5) is 57.1. The minimum atomic E-state index is -0.584. The van der Waals surface area contributed by atoms with Crippen molar-refractivity contribution < 1.29 is 38.1 Å². The van der Waals surface area contributed by atoms with E-state index in [1.807, 2.05) is 0 Å². The van der Waals surface area contributed by atoms with E-state index in [1.165, 1.54) is 44.7 Å². The first kappa shape index (κ1) is 32.4. The highest BCUT2D eigenvalue weighted by atomic mass is 35.5. The van der Waals surface area contributed by atoms with Gasteiger partial charge in [-0.2, -0.15) is 0 Å². The number of thioether (sulfide) groups is 1. The minimum Gasteiger partial charge on any atom is -0.468 e. The van der Waals surface area contributed by atoms with Crippen molar-refractivity contribution in [2.75, 3.05) is 45.2 Å². The monoisotopic (exact) mass is 624 g/mol. The summed E-state index contributed by atoms with van der Waals surface area (Å²) in [5.41, 5.74) is 1.62. The normalized spacial score (nSPS) is 13.0. The summed E-state index contributed by atoms with van der Waals surface area (Å²) in [7, 11) is 4.04. The van der Waals surface area contributed by atoms with Gasteiger partial charge in [-0.15, -0.1) is 11.8 Å². The van der Waals surface area contributed by atoms with E-state index in [0.29, 0.717) is 46.6 Å². The van der Waals surface area contributed by atoms with Crippen LogP contribution >= 0.6 is 35.0 Å². The number of hydrogen-bond acceptors (Lipinski definition) is 10. The van der Waals surface area contributed by atoms with Gasteiger partial charge in [0.05, 0.1) is 54.4 Å². The molecule has 2 aromatic rings. The fourth-order valence-corrected chi connectivity index (χ4v) is 5.55. The van der Waals surface area contributed by atoms with Crippen LogP contribution in [0.15, 0.2) is 46.6 Å². The number of benzene rings is 1. The predicted molar refractivity (Wildman–Crippen MR) is 154 cm³/mol. The molecule has 13 heteroatoms. The SMILES string of the molecule is COCCOC(=O)C1=C(C(=O)N(Cc2cncc(C(=O)OC)c2)c2cc(SCC(=O)OC)c(Cl)cc2Cl)CCCC1. The van der Waals surface area contributed by atoms with Gasteiger partial charge in [-0.1, -0.05) is 23.2 Å². The molecule has 1 aromatic carbocycles. The first-order valence-corrected chi connectivity index (χ1v) is 14.3. The number of halogens is 2. The topological polar surface area (TPSA) is 121 Å². The third-order valence-electron chi connectivity index (χ3n) is 6.16. The second-order valence-electron chi connectivity index (χ2n) is 8.86. The Balaban J connectivity index is 2.09. The van der Waals surface area contributed by atoms with E-state index in [9.17, 15) is 19.2 Å². The molecule has 1 amide bonds. The molecule has 0 fully saturated rings. The van der Waals surface area contributed by atoms with Gasteiger partial charge in [0.1, 0.15) is 6.61 Å². The lowest BCUT2D eigenvalue weighted by atomic mass is 9.90. The highest BCUT2D eigenvalue weighted by molar-refractivity contribution is 8.00. The molecule has 1 aliphatic rings. The Kier molecular flexibility index (Phi) is 12.5. The first-order chi connectivity index (χ1) is 19.7. The van der Waals surface area contributed by atoms with Crippen LogP contribution in [-0.4, -0.2) is 69.1 Å². The zero-order chi connectivity index (χ0) is 29.9. The average molecular weight is 626 g/mol. The maximum Gasteiger partial charge on any atom is 0.339 e. The third-order valence-corrected chi connectivity index (χ3v) is 7.92. The average Bonchev–Trinajstić information content (AvgIpc) is 2.99. The number of ether oxygens (including phenoxy) is 4. The summed E-state index contributed by atoms with van der Waals surface area (Å²) >= 11 is 14.2. The number of esters is 3. The molecule has 0 N–H and O–H groups in total. The van der Waals surface area contributed by atoms with E-state index in [0.717, 1.165) is 18.2 Å². The molecule has 0 aliphatic heterocycles. The van der Waals surface area contributed by atoms with Crippen molar-refractivity contribution in [3.8, 4) is 0 Å². The van der Waals surface area contributed by atoms with E-state index in [-0.39, 0.29) is 41.1 Å². The van der Waals surface area contributed by atoms with Crippen LogP contribution < -0.4 is 4.90 Å². The molecule has 0 atom stereocenters. The number of anilines is 1. The lowest BCUT2D eigenvalue weighted by Gasteiger charge is -2.28. The second-order valence-corrected chi connectivity index (χ2v) is 10.7. The van der Waals surface area contributed by atoms with Crippen LogP contribution in [0.4, 0.5) is 5.69 Å². The van der Waals surface area contributed by atoms with Crippen molar-refractivity contribution in [1.29, 1.82) is 0 Å². The quantitative estimate of drug-likeness (QED) is 0.137. The summed E-state index contributed by atoms with van der Waals surface area (Å²) in [5, 5.41) is 0.456. The Morgan fingerprint density at radius 2 is 1.63 bits per heavy atom. The summed E-state index contributed by atoms with van der Waals surface area (Å²) in [5.74, 6) is -2.08. The van der Waals surface area contributed by atoms with Crippen molar-refractivity contribution in [2.45, 2.75) is 37.1 Å². The number of amides is 1. The standard InChI is InChI=1S/C28H30Cl2N2O8S/c1-37-8-9-40-28(36)20-7-5-4-6-19(20)26(34)32(15-17-10-18(14-31-13-17)27(35)39-3)23-12-24(22(30)11-21(23)29)41-16-25(33)38-2/h10-14H,4-9,15-16H2,1-3H3. The number of carbonyl (C=O) groups is 4. The van der Waals surface area contributed by atoms with E-state index in [1.54, 1.807) is 12.1 Å². The number of nitrogens with zero attached hydrogens (tertiary/aromatic N) is 2. The maximum absolute atomic E-state index is 14.2. The lowest BCUT2D eigenvalue weighted by Crippen LogP contribution is -2.34. The maximum atomic E-state index is 14.2. The van der Waals surface area contributed by atoms with Crippen LogP contribution in [0.3, 0.4) is 0 Å². The van der Waals surface area contributed by atoms with E-state index in [2.05, 4.69) is 4.98 Å². The molecule has 1 heterocycles. The number of aromatic nitrogens is 1. The number of rotatable bonds is 12. The second kappa shape index (κ2) is 15.8. The van der Waals surface area contributed by atoms with Gasteiger partial charge in [0.25, 0.3) is 5.91 Å². The zero-order valence-corrected chi connectivity index (χ0v) is 25.2. The Morgan fingerprint density at radius 1 is 0.902 bits per heavy atom. The van der Waals surface area contributed by atoms with Gasteiger partial charge in [-0.25, -0.2) is 9.59 Å². The van der Waals surface area contributed by atoms with Crippen molar-refractivity contribution in [3.05, 3.63) is 62.9 Å². The van der Waals surface area contributed by atoms with Gasteiger partial charge in [-0.05, 0) is 49.4 Å². The molecule has 0 saturated heterocycles. The Morgan fingerprint density at radius 3 is 2.32 bits per heavy atom. The van der Waals surface area contributed by atoms with Crippen LogP contribution in [0.25, 0.3) is 0 Å². The van der Waals surface area contributed by atoms with Gasteiger partial charge in [-0.3, -0.25) is 14.6 Å². The lowest BCUT2D eigenvalue weighted by molar-refractivity contribution is -0.141. The molecular formula is C28H30Cl2N2O8S. The minimum absolute atomic E-state index is 0.0149. The number of pyridine rings is 1. The molecule has 0 saturated carbocycles. The van der Waals surface area contributed by atoms with E-state index >= 15 is 0 Å². The molecule has 0 unspecified atom stereocenters. The smallest absolute Gasteiger partial charge is 0.339 e. The fourth-order valence-electron chi connectivity index (χ4n) is 4.12. The van der Waals surface area contributed by atoms with Gasteiger partial charge >= 0.3 is 17.9 Å². The van der Waals surface area contributed by atoms with Gasteiger partial charge < -0.3 is 23.8 Å². The molecule has 220 valence electrons. The summed E-state index contributed by atoms with van der Waals surface area (Å²) < 4.78 is 19.8.